The number of nitrogens with zero attached hydrogens (tertiary/aromatic N) is 4. The van der Waals surface area contributed by atoms with E-state index in [1.807, 2.05) is 18.3 Å². The van der Waals surface area contributed by atoms with E-state index in [0.29, 0.717) is 5.11 Å². The van der Waals surface area contributed by atoms with Gasteiger partial charge in [-0.1, -0.05) is 22.0 Å². The third kappa shape index (κ3) is 4.61. The first-order chi connectivity index (χ1) is 18.5. The van der Waals surface area contributed by atoms with E-state index in [1.54, 1.807) is 0 Å². The Hall–Kier alpha value is -3.20. The molecular weight excluding hydrogens is 558 g/mol. The van der Waals surface area contributed by atoms with Gasteiger partial charge in [0.15, 0.2) is 5.11 Å². The van der Waals surface area contributed by atoms with Crippen LogP contribution in [0.15, 0.2) is 83.5 Å². The molecule has 6 rings (SSSR count). The number of morpholine rings is 1. The lowest BCUT2D eigenvalue weighted by molar-refractivity contribution is 0.122. The smallest absolute Gasteiger partial charge is 0.174 e. The van der Waals surface area contributed by atoms with Crippen LogP contribution in [-0.4, -0.2) is 41.0 Å². The quantitative estimate of drug-likeness (QED) is 0.278. The number of hydrogen-bond acceptors (Lipinski definition) is 4. The minimum atomic E-state index is -0.0787. The average Bonchev–Trinajstić information content (AvgIpc) is 3.45. The van der Waals surface area contributed by atoms with Crippen molar-refractivity contribution in [3.63, 3.8) is 0 Å². The Morgan fingerprint density at radius 1 is 0.921 bits per heavy atom. The fraction of sp³-hybridized carbons (Fsp3) is 0.267. The predicted molar refractivity (Wildman–Crippen MR) is 160 cm³/mol. The highest BCUT2D eigenvalue weighted by Gasteiger charge is 2.42. The van der Waals surface area contributed by atoms with E-state index in [-0.39, 0.29) is 12.1 Å². The van der Waals surface area contributed by atoms with Crippen molar-refractivity contribution in [2.24, 2.45) is 0 Å². The lowest BCUT2D eigenvalue weighted by Crippen LogP contribution is -2.36. The molecular formula is C30H30BrN5OS. The summed E-state index contributed by atoms with van der Waals surface area (Å²) in [6.45, 7) is 7.80. The standard InChI is InChI=1S/C30H30BrN5OS/c1-20-19-26(21(2)35(20)24-12-10-23(11-13-24)34-15-17-37-18-16-34)29-28(27-5-3-4-14-32-27)33-30(38)36(29)25-8-6-22(31)7-9-25/h3-14,19,28-29H,15-18H2,1-2H3,(H,33,38)/t28-,29-/m1/s1. The number of pyridine rings is 1. The molecule has 194 valence electrons. The molecule has 4 aromatic rings. The number of hydrogen-bond donors (Lipinski definition) is 1. The van der Waals surface area contributed by atoms with Gasteiger partial charge >= 0.3 is 0 Å². The van der Waals surface area contributed by atoms with Gasteiger partial charge in [-0.25, -0.2) is 0 Å². The molecule has 2 fully saturated rings. The monoisotopic (exact) mass is 587 g/mol. The lowest BCUT2D eigenvalue weighted by Gasteiger charge is -2.29. The maximum atomic E-state index is 5.92. The van der Waals surface area contributed by atoms with Gasteiger partial charge < -0.3 is 24.4 Å². The van der Waals surface area contributed by atoms with Gasteiger partial charge in [0.05, 0.1) is 31.0 Å². The number of aromatic nitrogens is 2. The summed E-state index contributed by atoms with van der Waals surface area (Å²) in [6.07, 6.45) is 1.85. The van der Waals surface area contributed by atoms with Crippen molar-refractivity contribution in [2.45, 2.75) is 25.9 Å². The van der Waals surface area contributed by atoms with E-state index in [9.17, 15) is 0 Å². The van der Waals surface area contributed by atoms with Crippen LogP contribution in [0.1, 0.15) is 34.7 Å². The SMILES string of the molecule is Cc1cc([C@@H]2[C@@H](c3ccccn3)NC(=S)N2c2ccc(Br)cc2)c(C)n1-c1ccc(N2CCOCC2)cc1. The summed E-state index contributed by atoms with van der Waals surface area (Å²) >= 11 is 9.49. The second kappa shape index (κ2) is 10.5. The largest absolute Gasteiger partial charge is 0.378 e. The Morgan fingerprint density at radius 3 is 2.29 bits per heavy atom. The van der Waals surface area contributed by atoms with Crippen molar-refractivity contribution in [1.82, 2.24) is 14.9 Å². The Kier molecular flexibility index (Phi) is 6.95. The van der Waals surface area contributed by atoms with Crippen molar-refractivity contribution >= 4 is 44.6 Å². The van der Waals surface area contributed by atoms with Crippen LogP contribution >= 0.6 is 28.1 Å². The van der Waals surface area contributed by atoms with Gasteiger partial charge in [-0.15, -0.1) is 0 Å². The van der Waals surface area contributed by atoms with Gasteiger partial charge in [0.25, 0.3) is 0 Å². The zero-order valence-corrected chi connectivity index (χ0v) is 23.9. The minimum Gasteiger partial charge on any atom is -0.378 e. The van der Waals surface area contributed by atoms with Crippen LogP contribution in [0.25, 0.3) is 5.69 Å². The zero-order valence-electron chi connectivity index (χ0n) is 21.5. The van der Waals surface area contributed by atoms with Crippen LogP contribution in [-0.2, 0) is 4.74 Å². The van der Waals surface area contributed by atoms with Gasteiger partial charge in [0.2, 0.25) is 0 Å². The molecule has 2 atom stereocenters. The molecule has 0 unspecified atom stereocenters. The fourth-order valence-corrected chi connectivity index (χ4v) is 6.28. The van der Waals surface area contributed by atoms with Crippen LogP contribution in [0.3, 0.4) is 0 Å². The molecule has 0 radical (unpaired) electrons. The molecule has 0 saturated carbocycles. The van der Waals surface area contributed by atoms with Crippen molar-refractivity contribution in [3.8, 4) is 5.69 Å². The Morgan fingerprint density at radius 2 is 1.61 bits per heavy atom. The molecule has 2 aliphatic heterocycles. The summed E-state index contributed by atoms with van der Waals surface area (Å²) in [5, 5.41) is 4.28. The molecule has 2 saturated heterocycles. The first-order valence-electron chi connectivity index (χ1n) is 12.9. The summed E-state index contributed by atoms with van der Waals surface area (Å²) in [4.78, 5) is 9.32. The highest BCUT2D eigenvalue weighted by molar-refractivity contribution is 9.10. The van der Waals surface area contributed by atoms with Gasteiger partial charge in [0.1, 0.15) is 0 Å². The van der Waals surface area contributed by atoms with Crippen LogP contribution in [0.2, 0.25) is 0 Å². The van der Waals surface area contributed by atoms with E-state index in [2.05, 4.69) is 110 Å². The number of aryl methyl sites for hydroxylation is 1. The third-order valence-electron chi connectivity index (χ3n) is 7.48. The molecule has 0 aliphatic carbocycles. The van der Waals surface area contributed by atoms with Gasteiger partial charge in [-0.2, -0.15) is 0 Å². The normalized spacial score (nSPS) is 19.6. The summed E-state index contributed by atoms with van der Waals surface area (Å²) in [6, 6.07) is 25.4. The van der Waals surface area contributed by atoms with Crippen LogP contribution in [0.5, 0.6) is 0 Å². The average molecular weight is 589 g/mol. The van der Waals surface area contributed by atoms with E-state index in [1.165, 1.54) is 22.6 Å². The number of thiocarbonyl (C=S) groups is 1. The number of ether oxygens (including phenoxy) is 1. The van der Waals surface area contributed by atoms with Crippen molar-refractivity contribution in [3.05, 3.63) is 106 Å². The van der Waals surface area contributed by atoms with Crippen molar-refractivity contribution in [1.29, 1.82) is 0 Å². The number of halogens is 1. The second-order valence-corrected chi connectivity index (χ2v) is 11.1. The topological polar surface area (TPSA) is 45.6 Å². The molecule has 6 nitrogen and oxygen atoms in total. The molecule has 2 aliphatic rings. The minimum absolute atomic E-state index is 0.0499. The number of benzene rings is 2. The lowest BCUT2D eigenvalue weighted by atomic mass is 9.96. The van der Waals surface area contributed by atoms with E-state index < -0.39 is 0 Å². The summed E-state index contributed by atoms with van der Waals surface area (Å²) < 4.78 is 8.90. The molecule has 2 aromatic heterocycles. The number of rotatable bonds is 5. The maximum absolute atomic E-state index is 5.92. The highest BCUT2D eigenvalue weighted by Crippen LogP contribution is 2.44. The molecule has 2 aromatic carbocycles. The molecule has 1 N–H and O–H groups in total. The number of anilines is 2. The van der Waals surface area contributed by atoms with E-state index >= 15 is 0 Å². The highest BCUT2D eigenvalue weighted by atomic mass is 79.9. The van der Waals surface area contributed by atoms with Crippen molar-refractivity contribution < 1.29 is 4.74 Å². The second-order valence-electron chi connectivity index (χ2n) is 9.75. The molecule has 0 amide bonds. The summed E-state index contributed by atoms with van der Waals surface area (Å²) in [5.74, 6) is 0. The van der Waals surface area contributed by atoms with Crippen LogP contribution in [0, 0.1) is 13.8 Å². The molecule has 0 bridgehead atoms. The van der Waals surface area contributed by atoms with Gasteiger partial charge in [0, 0.05) is 52.2 Å². The van der Waals surface area contributed by atoms with Crippen LogP contribution in [0.4, 0.5) is 11.4 Å². The van der Waals surface area contributed by atoms with Gasteiger partial charge in [-0.3, -0.25) is 4.98 Å². The van der Waals surface area contributed by atoms with Crippen LogP contribution < -0.4 is 15.1 Å². The first-order valence-corrected chi connectivity index (χ1v) is 14.1. The summed E-state index contributed by atoms with van der Waals surface area (Å²) in [7, 11) is 0. The Bertz CT molecular complexity index is 1430. The first kappa shape index (κ1) is 25.1. The van der Waals surface area contributed by atoms with Gasteiger partial charge in [-0.05, 0) is 98.4 Å². The van der Waals surface area contributed by atoms with Crippen molar-refractivity contribution in [2.75, 3.05) is 36.1 Å². The number of nitrogens with one attached hydrogen (secondary N) is 1. The Balaban J connectivity index is 1.41. The Labute approximate surface area is 237 Å². The van der Waals surface area contributed by atoms with E-state index in [0.717, 1.165) is 47.8 Å². The maximum Gasteiger partial charge on any atom is 0.174 e. The molecule has 4 heterocycles. The molecule has 0 spiro atoms. The fourth-order valence-electron chi connectivity index (χ4n) is 5.67. The molecule has 38 heavy (non-hydrogen) atoms. The summed E-state index contributed by atoms with van der Waals surface area (Å²) in [5.41, 5.74) is 8.02. The zero-order chi connectivity index (χ0) is 26.2. The third-order valence-corrected chi connectivity index (χ3v) is 8.32. The van der Waals surface area contributed by atoms with E-state index in [4.69, 9.17) is 21.9 Å². The predicted octanol–water partition coefficient (Wildman–Crippen LogP) is 6.27. The molecule has 8 heteroatoms.